The zero-order valence-electron chi connectivity index (χ0n) is 13.6. The maximum atomic E-state index is 5.55. The maximum absolute atomic E-state index is 5.55. The first-order chi connectivity index (χ1) is 9.35. The monoisotopic (exact) mass is 279 g/mol. The normalized spacial score (nSPS) is 12.8. The number of hydrazine groups is 1. The molecular weight excluding hydrogens is 250 g/mol. The average molecular weight is 279 g/mol. The Morgan fingerprint density at radius 1 is 1.00 bits per heavy atom. The Bertz CT molecular complexity index is 429. The molecule has 114 valence electrons. The van der Waals surface area contributed by atoms with E-state index in [2.05, 4.69) is 55.3 Å². The fourth-order valence-electron chi connectivity index (χ4n) is 1.96. The highest BCUT2D eigenvalue weighted by atomic mass is 15.3. The molecule has 1 atom stereocenters. The van der Waals surface area contributed by atoms with Gasteiger partial charge >= 0.3 is 0 Å². The molecule has 1 aromatic rings. The molecule has 5 heteroatoms. The topological polar surface area (TPSA) is 75.9 Å². The van der Waals surface area contributed by atoms with Crippen LogP contribution in [-0.2, 0) is 0 Å². The molecule has 0 saturated heterocycles. The minimum atomic E-state index is 0.272. The lowest BCUT2D eigenvalue weighted by molar-refractivity contribution is 0.526. The van der Waals surface area contributed by atoms with Crippen LogP contribution >= 0.6 is 0 Å². The molecule has 0 saturated carbocycles. The van der Waals surface area contributed by atoms with Gasteiger partial charge in [0.05, 0.1) is 0 Å². The van der Waals surface area contributed by atoms with Crippen molar-refractivity contribution in [2.75, 3.05) is 10.7 Å². The van der Waals surface area contributed by atoms with Crippen molar-refractivity contribution >= 4 is 11.6 Å². The molecule has 4 N–H and O–H groups in total. The lowest BCUT2D eigenvalue weighted by Gasteiger charge is -2.19. The maximum Gasteiger partial charge on any atom is 0.148 e. The van der Waals surface area contributed by atoms with Gasteiger partial charge in [0.2, 0.25) is 0 Å². The molecular formula is C15H29N5. The molecule has 0 spiro atoms. The molecule has 0 radical (unpaired) electrons. The number of hydrogen-bond acceptors (Lipinski definition) is 5. The summed E-state index contributed by atoms with van der Waals surface area (Å²) in [6, 6.07) is 0.386. The van der Waals surface area contributed by atoms with Crippen molar-refractivity contribution < 1.29 is 0 Å². The molecule has 1 unspecified atom stereocenters. The largest absolute Gasteiger partial charge is 0.367 e. The van der Waals surface area contributed by atoms with Crippen LogP contribution in [0.5, 0.6) is 0 Å². The van der Waals surface area contributed by atoms with Crippen LogP contribution in [0.3, 0.4) is 0 Å². The van der Waals surface area contributed by atoms with Crippen molar-refractivity contribution in [1.29, 1.82) is 0 Å². The molecule has 1 rings (SSSR count). The number of aromatic nitrogens is 2. The Kier molecular flexibility index (Phi) is 6.20. The Hall–Kier alpha value is -1.36. The van der Waals surface area contributed by atoms with Gasteiger partial charge < -0.3 is 10.7 Å². The first kappa shape index (κ1) is 16.7. The van der Waals surface area contributed by atoms with Crippen LogP contribution in [0.25, 0.3) is 0 Å². The summed E-state index contributed by atoms with van der Waals surface area (Å²) >= 11 is 0. The Labute approximate surface area is 122 Å². The first-order valence-corrected chi connectivity index (χ1v) is 7.46. The van der Waals surface area contributed by atoms with Crippen LogP contribution in [0.1, 0.15) is 64.8 Å². The number of hydrogen-bond donors (Lipinski definition) is 3. The quantitative estimate of drug-likeness (QED) is 0.526. The molecule has 0 aliphatic heterocycles. The van der Waals surface area contributed by atoms with Gasteiger partial charge in [0.1, 0.15) is 17.5 Å². The second kappa shape index (κ2) is 7.43. The summed E-state index contributed by atoms with van der Waals surface area (Å²) in [4.78, 5) is 9.07. The summed E-state index contributed by atoms with van der Waals surface area (Å²) < 4.78 is 0. The molecule has 0 amide bonds. The molecule has 0 bridgehead atoms. The number of rotatable bonds is 7. The molecule has 5 nitrogen and oxygen atoms in total. The first-order valence-electron chi connectivity index (χ1n) is 7.46. The predicted octanol–water partition coefficient (Wildman–Crippen LogP) is 3.43. The van der Waals surface area contributed by atoms with Crippen molar-refractivity contribution in [3.8, 4) is 0 Å². The second-order valence-electron chi connectivity index (χ2n) is 6.22. The van der Waals surface area contributed by atoms with Gasteiger partial charge in [-0.15, -0.1) is 0 Å². The molecule has 0 aliphatic carbocycles. The van der Waals surface area contributed by atoms with E-state index >= 15 is 0 Å². The molecule has 20 heavy (non-hydrogen) atoms. The van der Waals surface area contributed by atoms with Crippen LogP contribution in [0.15, 0.2) is 0 Å². The van der Waals surface area contributed by atoms with Crippen molar-refractivity contribution in [3.05, 3.63) is 11.4 Å². The third kappa shape index (κ3) is 4.63. The van der Waals surface area contributed by atoms with E-state index in [1.54, 1.807) is 0 Å². The average Bonchev–Trinajstić information content (AvgIpc) is 2.38. The van der Waals surface area contributed by atoms with E-state index < -0.39 is 0 Å². The van der Waals surface area contributed by atoms with E-state index in [1.165, 1.54) is 6.42 Å². The standard InChI is InChI=1S/C15H29N5/c1-9(2)7-8-11(5)17-14-12(6)15(20-16)19-13(18-14)10(3)4/h9-11H,7-8,16H2,1-6H3,(H2,17,18,19,20). The van der Waals surface area contributed by atoms with Crippen LogP contribution in [-0.4, -0.2) is 16.0 Å². The summed E-state index contributed by atoms with van der Waals surface area (Å²) in [5.74, 6) is 8.93. The van der Waals surface area contributed by atoms with Gasteiger partial charge in [-0.25, -0.2) is 15.8 Å². The summed E-state index contributed by atoms with van der Waals surface area (Å²) in [6.45, 7) is 12.8. The predicted molar refractivity (Wildman–Crippen MR) is 85.8 cm³/mol. The van der Waals surface area contributed by atoms with Gasteiger partial charge in [0, 0.05) is 17.5 Å². The zero-order valence-corrected chi connectivity index (χ0v) is 13.6. The van der Waals surface area contributed by atoms with Gasteiger partial charge in [0.25, 0.3) is 0 Å². The van der Waals surface area contributed by atoms with Crippen LogP contribution in [0, 0.1) is 12.8 Å². The highest BCUT2D eigenvalue weighted by Crippen LogP contribution is 2.23. The summed E-state index contributed by atoms with van der Waals surface area (Å²) in [7, 11) is 0. The summed E-state index contributed by atoms with van der Waals surface area (Å²) in [5.41, 5.74) is 3.63. The second-order valence-corrected chi connectivity index (χ2v) is 6.22. The Morgan fingerprint density at radius 2 is 1.60 bits per heavy atom. The van der Waals surface area contributed by atoms with Gasteiger partial charge in [-0.2, -0.15) is 0 Å². The van der Waals surface area contributed by atoms with E-state index in [0.29, 0.717) is 11.9 Å². The fraction of sp³-hybridized carbons (Fsp3) is 0.733. The van der Waals surface area contributed by atoms with Gasteiger partial charge in [-0.05, 0) is 32.6 Å². The fourth-order valence-corrected chi connectivity index (χ4v) is 1.96. The Morgan fingerprint density at radius 3 is 2.10 bits per heavy atom. The number of nitrogen functional groups attached to an aromatic ring is 1. The van der Waals surface area contributed by atoms with Gasteiger partial charge in [-0.1, -0.05) is 27.7 Å². The van der Waals surface area contributed by atoms with Crippen LogP contribution < -0.4 is 16.6 Å². The van der Waals surface area contributed by atoms with Crippen molar-refractivity contribution in [2.45, 2.75) is 66.3 Å². The van der Waals surface area contributed by atoms with Gasteiger partial charge in [-0.3, -0.25) is 0 Å². The molecule has 0 aromatic carbocycles. The molecule has 0 aliphatic rings. The number of nitrogens with one attached hydrogen (secondary N) is 2. The molecule has 0 fully saturated rings. The van der Waals surface area contributed by atoms with E-state index in [1.807, 2.05) is 6.92 Å². The molecule has 1 aromatic heterocycles. The van der Waals surface area contributed by atoms with E-state index in [-0.39, 0.29) is 5.92 Å². The Balaban J connectivity index is 2.90. The highest BCUT2D eigenvalue weighted by molar-refractivity contribution is 5.57. The van der Waals surface area contributed by atoms with E-state index in [0.717, 1.165) is 29.5 Å². The number of nitrogens with zero attached hydrogens (tertiary/aromatic N) is 2. The minimum Gasteiger partial charge on any atom is -0.367 e. The SMILES string of the molecule is Cc1c(NN)nc(C(C)C)nc1NC(C)CCC(C)C. The third-order valence-electron chi connectivity index (χ3n) is 3.38. The summed E-state index contributed by atoms with van der Waals surface area (Å²) in [5, 5.41) is 3.49. The van der Waals surface area contributed by atoms with E-state index in [4.69, 9.17) is 5.84 Å². The van der Waals surface area contributed by atoms with E-state index in [9.17, 15) is 0 Å². The van der Waals surface area contributed by atoms with Gasteiger partial charge in [0.15, 0.2) is 0 Å². The number of nitrogens with two attached hydrogens (primary N) is 1. The lowest BCUT2D eigenvalue weighted by atomic mass is 10.0. The molecule has 1 heterocycles. The van der Waals surface area contributed by atoms with Crippen LogP contribution in [0.4, 0.5) is 11.6 Å². The van der Waals surface area contributed by atoms with Crippen LogP contribution in [0.2, 0.25) is 0 Å². The lowest BCUT2D eigenvalue weighted by Crippen LogP contribution is -2.20. The van der Waals surface area contributed by atoms with Crippen molar-refractivity contribution in [2.24, 2.45) is 11.8 Å². The third-order valence-corrected chi connectivity index (χ3v) is 3.38. The van der Waals surface area contributed by atoms with Crippen molar-refractivity contribution in [1.82, 2.24) is 9.97 Å². The summed E-state index contributed by atoms with van der Waals surface area (Å²) in [6.07, 6.45) is 2.33. The minimum absolute atomic E-state index is 0.272. The number of anilines is 2. The zero-order chi connectivity index (χ0) is 15.3. The highest BCUT2D eigenvalue weighted by Gasteiger charge is 2.14. The van der Waals surface area contributed by atoms with Crippen molar-refractivity contribution in [3.63, 3.8) is 0 Å². The smallest absolute Gasteiger partial charge is 0.148 e.